The average molecular weight is 237 g/mol. The van der Waals surface area contributed by atoms with Gasteiger partial charge in [0.25, 0.3) is 0 Å². The fraction of sp³-hybridized carbons (Fsp3) is 0.333. The van der Waals surface area contributed by atoms with Gasteiger partial charge in [-0.1, -0.05) is 30.3 Å². The van der Waals surface area contributed by atoms with Crippen molar-refractivity contribution in [3.63, 3.8) is 0 Å². The van der Waals surface area contributed by atoms with Crippen LogP contribution in [0.1, 0.15) is 19.4 Å². The SMILES string of the molecule is CC(=O)OC(C)NC(=O)OCc1ccccc1. The van der Waals surface area contributed by atoms with Crippen molar-refractivity contribution in [1.82, 2.24) is 5.32 Å². The lowest BCUT2D eigenvalue weighted by atomic mass is 10.2. The fourth-order valence-corrected chi connectivity index (χ4v) is 1.21. The summed E-state index contributed by atoms with van der Waals surface area (Å²) in [5.41, 5.74) is 0.891. The van der Waals surface area contributed by atoms with E-state index in [2.05, 4.69) is 5.32 Å². The Morgan fingerprint density at radius 3 is 2.53 bits per heavy atom. The van der Waals surface area contributed by atoms with Gasteiger partial charge in [-0.25, -0.2) is 4.79 Å². The Hall–Kier alpha value is -2.04. The molecular formula is C12H15NO4. The van der Waals surface area contributed by atoms with Crippen LogP contribution < -0.4 is 5.32 Å². The molecule has 0 aromatic heterocycles. The van der Waals surface area contributed by atoms with Gasteiger partial charge in [0.15, 0.2) is 6.23 Å². The predicted octanol–water partition coefficient (Wildman–Crippen LogP) is 1.82. The fourth-order valence-electron chi connectivity index (χ4n) is 1.21. The summed E-state index contributed by atoms with van der Waals surface area (Å²) in [7, 11) is 0. The van der Waals surface area contributed by atoms with E-state index in [4.69, 9.17) is 9.47 Å². The molecule has 0 aliphatic heterocycles. The molecule has 0 saturated carbocycles. The van der Waals surface area contributed by atoms with Crippen LogP contribution in [0, 0.1) is 0 Å². The van der Waals surface area contributed by atoms with Crippen molar-refractivity contribution in [3.8, 4) is 0 Å². The van der Waals surface area contributed by atoms with E-state index in [1.54, 1.807) is 6.92 Å². The third-order valence-electron chi connectivity index (χ3n) is 1.88. The van der Waals surface area contributed by atoms with E-state index in [0.29, 0.717) is 0 Å². The summed E-state index contributed by atoms with van der Waals surface area (Å²) in [4.78, 5) is 21.9. The Morgan fingerprint density at radius 2 is 1.94 bits per heavy atom. The van der Waals surface area contributed by atoms with E-state index >= 15 is 0 Å². The van der Waals surface area contributed by atoms with Crippen LogP contribution in [-0.4, -0.2) is 18.3 Å². The first-order valence-corrected chi connectivity index (χ1v) is 5.22. The highest BCUT2D eigenvalue weighted by Gasteiger charge is 2.10. The van der Waals surface area contributed by atoms with E-state index in [0.717, 1.165) is 5.56 Å². The van der Waals surface area contributed by atoms with E-state index in [-0.39, 0.29) is 6.61 Å². The monoisotopic (exact) mass is 237 g/mol. The molecule has 0 spiro atoms. The summed E-state index contributed by atoms with van der Waals surface area (Å²) in [6.07, 6.45) is -1.32. The number of alkyl carbamates (subject to hydrolysis) is 1. The standard InChI is InChI=1S/C12H15NO4/c1-9(17-10(2)14)13-12(15)16-8-11-6-4-3-5-7-11/h3-7,9H,8H2,1-2H3,(H,13,15). The Bertz CT molecular complexity index is 377. The molecular weight excluding hydrogens is 222 g/mol. The molecule has 0 radical (unpaired) electrons. The zero-order chi connectivity index (χ0) is 12.7. The minimum absolute atomic E-state index is 0.180. The highest BCUT2D eigenvalue weighted by atomic mass is 16.6. The number of ether oxygens (including phenoxy) is 2. The molecule has 0 aliphatic carbocycles. The molecule has 1 atom stereocenters. The molecule has 1 aromatic carbocycles. The normalized spacial score (nSPS) is 11.4. The van der Waals surface area contributed by atoms with Gasteiger partial charge in [-0.2, -0.15) is 0 Å². The van der Waals surface area contributed by atoms with Gasteiger partial charge in [0.2, 0.25) is 0 Å². The van der Waals surface area contributed by atoms with Crippen molar-refractivity contribution in [1.29, 1.82) is 0 Å². The molecule has 5 heteroatoms. The first-order chi connectivity index (χ1) is 8.08. The smallest absolute Gasteiger partial charge is 0.410 e. The second kappa shape index (κ2) is 6.52. The van der Waals surface area contributed by atoms with Crippen molar-refractivity contribution >= 4 is 12.1 Å². The van der Waals surface area contributed by atoms with Crippen LogP contribution >= 0.6 is 0 Å². The van der Waals surface area contributed by atoms with Crippen LogP contribution in [0.4, 0.5) is 4.79 Å². The molecule has 1 N–H and O–H groups in total. The maximum Gasteiger partial charge on any atom is 0.410 e. The van der Waals surface area contributed by atoms with Crippen molar-refractivity contribution in [2.24, 2.45) is 0 Å². The topological polar surface area (TPSA) is 64.6 Å². The number of nitrogens with one attached hydrogen (secondary N) is 1. The zero-order valence-corrected chi connectivity index (χ0v) is 9.80. The van der Waals surface area contributed by atoms with Gasteiger partial charge in [-0.3, -0.25) is 10.1 Å². The summed E-state index contributed by atoms with van der Waals surface area (Å²) in [6.45, 7) is 3.00. The third kappa shape index (κ3) is 5.55. The predicted molar refractivity (Wildman–Crippen MR) is 61.0 cm³/mol. The number of hydrogen-bond donors (Lipinski definition) is 1. The lowest BCUT2D eigenvalue weighted by Crippen LogP contribution is -2.35. The van der Waals surface area contributed by atoms with E-state index in [1.165, 1.54) is 6.92 Å². The van der Waals surface area contributed by atoms with Gasteiger partial charge in [0.1, 0.15) is 6.61 Å². The largest absolute Gasteiger partial charge is 0.445 e. The molecule has 0 heterocycles. The highest BCUT2D eigenvalue weighted by Crippen LogP contribution is 2.00. The van der Waals surface area contributed by atoms with Gasteiger partial charge < -0.3 is 9.47 Å². The number of esters is 1. The van der Waals surface area contributed by atoms with Gasteiger partial charge >= 0.3 is 12.1 Å². The summed E-state index contributed by atoms with van der Waals surface area (Å²) >= 11 is 0. The lowest BCUT2D eigenvalue weighted by Gasteiger charge is -2.13. The van der Waals surface area contributed by atoms with E-state index in [9.17, 15) is 9.59 Å². The van der Waals surface area contributed by atoms with Gasteiger partial charge in [-0.15, -0.1) is 0 Å². The van der Waals surface area contributed by atoms with Crippen molar-refractivity contribution < 1.29 is 19.1 Å². The highest BCUT2D eigenvalue weighted by molar-refractivity contribution is 5.69. The molecule has 0 aliphatic rings. The number of carbonyl (C=O) groups excluding carboxylic acids is 2. The first kappa shape index (κ1) is 13.0. The van der Waals surface area contributed by atoms with Crippen LogP contribution in [-0.2, 0) is 20.9 Å². The molecule has 17 heavy (non-hydrogen) atoms. The Balaban J connectivity index is 2.28. The summed E-state index contributed by atoms with van der Waals surface area (Å²) < 4.78 is 9.66. The van der Waals surface area contributed by atoms with Crippen LogP contribution in [0.25, 0.3) is 0 Å². The van der Waals surface area contributed by atoms with Crippen molar-refractivity contribution in [2.75, 3.05) is 0 Å². The minimum atomic E-state index is -0.698. The molecule has 1 amide bonds. The van der Waals surface area contributed by atoms with E-state index < -0.39 is 18.3 Å². The maximum atomic E-state index is 11.3. The number of rotatable bonds is 4. The van der Waals surface area contributed by atoms with Crippen molar-refractivity contribution in [3.05, 3.63) is 35.9 Å². The summed E-state index contributed by atoms with van der Waals surface area (Å²) in [5, 5.41) is 2.38. The molecule has 0 fully saturated rings. The summed E-state index contributed by atoms with van der Waals surface area (Å²) in [5.74, 6) is -0.458. The Kier molecular flexibility index (Phi) is 5.00. The van der Waals surface area contributed by atoms with Gasteiger partial charge in [0, 0.05) is 6.92 Å². The van der Waals surface area contributed by atoms with Gasteiger partial charge in [-0.05, 0) is 12.5 Å². The third-order valence-corrected chi connectivity index (χ3v) is 1.88. The molecule has 0 saturated heterocycles. The molecule has 5 nitrogen and oxygen atoms in total. The molecule has 1 aromatic rings. The summed E-state index contributed by atoms with van der Waals surface area (Å²) in [6, 6.07) is 9.30. The average Bonchev–Trinajstić information content (AvgIpc) is 2.26. The molecule has 1 rings (SSSR count). The maximum absolute atomic E-state index is 11.3. The minimum Gasteiger partial charge on any atom is -0.445 e. The van der Waals surface area contributed by atoms with Crippen LogP contribution in [0.15, 0.2) is 30.3 Å². The van der Waals surface area contributed by atoms with Crippen LogP contribution in [0.5, 0.6) is 0 Å². The number of hydrogen-bond acceptors (Lipinski definition) is 4. The van der Waals surface area contributed by atoms with Gasteiger partial charge in [0.05, 0.1) is 0 Å². The first-order valence-electron chi connectivity index (χ1n) is 5.22. The van der Waals surface area contributed by atoms with Crippen LogP contribution in [0.3, 0.4) is 0 Å². The Morgan fingerprint density at radius 1 is 1.29 bits per heavy atom. The van der Waals surface area contributed by atoms with E-state index in [1.807, 2.05) is 30.3 Å². The van der Waals surface area contributed by atoms with Crippen LogP contribution in [0.2, 0.25) is 0 Å². The molecule has 1 unspecified atom stereocenters. The zero-order valence-electron chi connectivity index (χ0n) is 9.80. The number of benzene rings is 1. The molecule has 0 bridgehead atoms. The Labute approximate surface area is 99.7 Å². The number of carbonyl (C=O) groups is 2. The second-order valence-electron chi connectivity index (χ2n) is 3.46. The van der Waals surface area contributed by atoms with Crippen molar-refractivity contribution in [2.45, 2.75) is 26.7 Å². The lowest BCUT2D eigenvalue weighted by molar-refractivity contribution is -0.146. The number of amides is 1. The second-order valence-corrected chi connectivity index (χ2v) is 3.46. The quantitative estimate of drug-likeness (QED) is 0.640. The molecule has 92 valence electrons.